The van der Waals surface area contributed by atoms with Gasteiger partial charge in [0.25, 0.3) is 0 Å². The Morgan fingerprint density at radius 3 is 0.855 bits per heavy atom. The van der Waals surface area contributed by atoms with E-state index < -0.39 is 6.10 Å². The Kier molecular flexibility index (Phi) is 49.8. The summed E-state index contributed by atoms with van der Waals surface area (Å²) in [5, 5.41) is 0. The fraction of sp³-hybridized carbons (Fsp3) is 0.875. The molecule has 6 nitrogen and oxygen atoms in total. The molecule has 0 aromatic heterocycles. The third-order valence-electron chi connectivity index (χ3n) is 12.2. The maximum Gasteiger partial charge on any atom is 0.306 e. The van der Waals surface area contributed by atoms with Gasteiger partial charge in [0.1, 0.15) is 13.2 Å². The number of carbonyl (C=O) groups excluding carboxylic acids is 3. The van der Waals surface area contributed by atoms with E-state index in [2.05, 4.69) is 45.1 Å². The molecular formula is C56H104O6. The Balaban J connectivity index is 4.34. The Labute approximate surface area is 385 Å². The molecule has 0 amide bonds. The number of carbonyl (C=O) groups is 3. The number of hydrogen-bond donors (Lipinski definition) is 0. The molecule has 0 bridgehead atoms. The van der Waals surface area contributed by atoms with Crippen LogP contribution in [-0.4, -0.2) is 37.2 Å². The maximum absolute atomic E-state index is 12.8. The molecule has 0 radical (unpaired) electrons. The Morgan fingerprint density at radius 2 is 0.565 bits per heavy atom. The van der Waals surface area contributed by atoms with Gasteiger partial charge < -0.3 is 14.2 Å². The molecule has 0 aliphatic carbocycles. The van der Waals surface area contributed by atoms with Crippen LogP contribution in [0.2, 0.25) is 0 Å². The smallest absolute Gasteiger partial charge is 0.306 e. The molecule has 0 fully saturated rings. The van der Waals surface area contributed by atoms with Crippen LogP contribution in [0.15, 0.2) is 24.3 Å². The number of allylic oxidation sites excluding steroid dienone is 4. The van der Waals surface area contributed by atoms with Crippen molar-refractivity contribution >= 4 is 17.9 Å². The molecule has 0 rings (SSSR count). The summed E-state index contributed by atoms with van der Waals surface area (Å²) < 4.78 is 16.8. The maximum atomic E-state index is 12.8. The van der Waals surface area contributed by atoms with Gasteiger partial charge in [0.05, 0.1) is 0 Å². The lowest BCUT2D eigenvalue weighted by atomic mass is 10.0. The van der Waals surface area contributed by atoms with Gasteiger partial charge in [0.2, 0.25) is 0 Å². The minimum absolute atomic E-state index is 0.0711. The molecular weight excluding hydrogens is 769 g/mol. The van der Waals surface area contributed by atoms with E-state index in [0.717, 1.165) is 77.0 Å². The van der Waals surface area contributed by atoms with E-state index >= 15 is 0 Å². The van der Waals surface area contributed by atoms with Crippen LogP contribution in [0, 0.1) is 0 Å². The number of ether oxygens (including phenoxy) is 3. The molecule has 6 heteroatoms. The summed E-state index contributed by atoms with van der Waals surface area (Å²) in [5.41, 5.74) is 0. The van der Waals surface area contributed by atoms with Crippen LogP contribution in [0.25, 0.3) is 0 Å². The fourth-order valence-electron chi connectivity index (χ4n) is 8.08. The molecule has 0 aromatic carbocycles. The summed E-state index contributed by atoms with van der Waals surface area (Å²) in [6.45, 7) is 6.65. The number of unbranched alkanes of at least 4 members (excludes halogenated alkanes) is 36. The van der Waals surface area contributed by atoms with Crippen LogP contribution in [0.1, 0.15) is 297 Å². The number of hydrogen-bond acceptors (Lipinski definition) is 6. The molecule has 0 saturated carbocycles. The first kappa shape index (κ1) is 59.9. The van der Waals surface area contributed by atoms with E-state index in [1.165, 1.54) is 180 Å². The monoisotopic (exact) mass is 873 g/mol. The molecule has 1 unspecified atom stereocenters. The zero-order valence-corrected chi connectivity index (χ0v) is 41.7. The van der Waals surface area contributed by atoms with Crippen molar-refractivity contribution in [1.82, 2.24) is 0 Å². The first-order valence-electron chi connectivity index (χ1n) is 27.4. The Morgan fingerprint density at radius 1 is 0.323 bits per heavy atom. The van der Waals surface area contributed by atoms with E-state index in [9.17, 15) is 14.4 Å². The molecule has 62 heavy (non-hydrogen) atoms. The second kappa shape index (κ2) is 51.5. The first-order chi connectivity index (χ1) is 30.5. The molecule has 0 aliphatic heterocycles. The van der Waals surface area contributed by atoms with Crippen LogP contribution < -0.4 is 0 Å². The normalized spacial score (nSPS) is 12.1. The lowest BCUT2D eigenvalue weighted by molar-refractivity contribution is -0.167. The summed E-state index contributed by atoms with van der Waals surface area (Å²) in [7, 11) is 0. The van der Waals surface area contributed by atoms with Crippen molar-refractivity contribution in [3.8, 4) is 0 Å². The highest BCUT2D eigenvalue weighted by atomic mass is 16.6. The lowest BCUT2D eigenvalue weighted by Gasteiger charge is -2.18. The van der Waals surface area contributed by atoms with Gasteiger partial charge in [-0.3, -0.25) is 14.4 Å². The summed E-state index contributed by atoms with van der Waals surface area (Å²) >= 11 is 0. The summed E-state index contributed by atoms with van der Waals surface area (Å²) in [6, 6.07) is 0. The molecule has 0 aromatic rings. The zero-order chi connectivity index (χ0) is 45.1. The molecule has 364 valence electrons. The number of esters is 3. The van der Waals surface area contributed by atoms with Gasteiger partial charge in [-0.05, 0) is 44.9 Å². The van der Waals surface area contributed by atoms with Crippen molar-refractivity contribution in [1.29, 1.82) is 0 Å². The molecule has 0 aliphatic rings. The largest absolute Gasteiger partial charge is 0.462 e. The van der Waals surface area contributed by atoms with Crippen molar-refractivity contribution in [3.63, 3.8) is 0 Å². The molecule has 0 N–H and O–H groups in total. The van der Waals surface area contributed by atoms with Crippen LogP contribution in [0.4, 0.5) is 0 Å². The van der Waals surface area contributed by atoms with E-state index in [1.807, 2.05) is 0 Å². The second-order valence-corrected chi connectivity index (χ2v) is 18.5. The summed E-state index contributed by atoms with van der Waals surface area (Å²) in [5.74, 6) is -0.870. The van der Waals surface area contributed by atoms with Crippen molar-refractivity contribution in [2.24, 2.45) is 0 Å². The van der Waals surface area contributed by atoms with Crippen LogP contribution in [0.3, 0.4) is 0 Å². The van der Waals surface area contributed by atoms with Crippen LogP contribution >= 0.6 is 0 Å². The highest BCUT2D eigenvalue weighted by Gasteiger charge is 2.19. The third kappa shape index (κ3) is 48.9. The second-order valence-electron chi connectivity index (χ2n) is 18.5. The van der Waals surface area contributed by atoms with Crippen LogP contribution in [0.5, 0.6) is 0 Å². The standard InChI is InChI=1S/C56H104O6/c1-4-7-10-13-16-19-22-25-26-27-28-29-32-34-37-40-43-46-49-55(58)61-52-53(62-56(59)50-47-44-41-38-35-31-24-21-18-15-12-9-6-3)51-60-54(57)48-45-42-39-36-33-30-23-20-17-14-11-8-5-2/h26-29,53H,4-25,30-52H2,1-3H3/b27-26-,29-28-. The minimum Gasteiger partial charge on any atom is -0.462 e. The van der Waals surface area contributed by atoms with Gasteiger partial charge in [0.15, 0.2) is 6.10 Å². The topological polar surface area (TPSA) is 78.9 Å². The van der Waals surface area contributed by atoms with E-state index in [4.69, 9.17) is 14.2 Å². The Hall–Kier alpha value is -2.11. The lowest BCUT2D eigenvalue weighted by Crippen LogP contribution is -2.30. The van der Waals surface area contributed by atoms with Gasteiger partial charge >= 0.3 is 17.9 Å². The van der Waals surface area contributed by atoms with Crippen molar-refractivity contribution in [3.05, 3.63) is 24.3 Å². The molecule has 0 saturated heterocycles. The average molecular weight is 873 g/mol. The average Bonchev–Trinajstić information content (AvgIpc) is 3.27. The summed E-state index contributed by atoms with van der Waals surface area (Å²) in [4.78, 5) is 38.0. The van der Waals surface area contributed by atoms with Gasteiger partial charge in [0, 0.05) is 19.3 Å². The molecule has 0 heterocycles. The fourth-order valence-corrected chi connectivity index (χ4v) is 8.08. The molecule has 1 atom stereocenters. The van der Waals surface area contributed by atoms with Crippen molar-refractivity contribution in [2.75, 3.05) is 13.2 Å². The first-order valence-corrected chi connectivity index (χ1v) is 27.4. The van der Waals surface area contributed by atoms with Gasteiger partial charge in [-0.15, -0.1) is 0 Å². The van der Waals surface area contributed by atoms with Crippen LogP contribution in [-0.2, 0) is 28.6 Å². The van der Waals surface area contributed by atoms with Gasteiger partial charge in [-0.1, -0.05) is 257 Å². The quantitative estimate of drug-likeness (QED) is 0.0262. The minimum atomic E-state index is -0.771. The van der Waals surface area contributed by atoms with Gasteiger partial charge in [-0.25, -0.2) is 0 Å². The highest BCUT2D eigenvalue weighted by Crippen LogP contribution is 2.16. The SMILES string of the molecule is CCCCCCCCC/C=C\C=C/CCCCCCCC(=O)OCC(COC(=O)CCCCCCCCCCCCCCC)OC(=O)CCCCCCCCCCCCCCC. The number of rotatable bonds is 50. The molecule has 0 spiro atoms. The highest BCUT2D eigenvalue weighted by molar-refractivity contribution is 5.71. The van der Waals surface area contributed by atoms with Gasteiger partial charge in [-0.2, -0.15) is 0 Å². The zero-order valence-electron chi connectivity index (χ0n) is 41.7. The van der Waals surface area contributed by atoms with E-state index in [0.29, 0.717) is 19.3 Å². The van der Waals surface area contributed by atoms with E-state index in [-0.39, 0.29) is 31.1 Å². The third-order valence-corrected chi connectivity index (χ3v) is 12.2. The van der Waals surface area contributed by atoms with Crippen molar-refractivity contribution < 1.29 is 28.6 Å². The summed E-state index contributed by atoms with van der Waals surface area (Å²) in [6.07, 6.45) is 58.7. The predicted molar refractivity (Wildman–Crippen MR) is 266 cm³/mol. The predicted octanol–water partition coefficient (Wildman–Crippen LogP) is 17.9. The van der Waals surface area contributed by atoms with E-state index in [1.54, 1.807) is 0 Å². The Bertz CT molecular complexity index is 1000. The van der Waals surface area contributed by atoms with Crippen molar-refractivity contribution in [2.45, 2.75) is 303 Å².